The van der Waals surface area contributed by atoms with E-state index in [-0.39, 0.29) is 5.60 Å². The lowest BCUT2D eigenvalue weighted by Crippen LogP contribution is -2.30. The monoisotopic (exact) mass is 295 g/mol. The molecular formula is C20H25NO. The van der Waals surface area contributed by atoms with Gasteiger partial charge in [0.25, 0.3) is 0 Å². The van der Waals surface area contributed by atoms with Crippen LogP contribution in [0.5, 0.6) is 5.75 Å². The number of ether oxygens (including phenoxy) is 1. The Morgan fingerprint density at radius 3 is 2.41 bits per heavy atom. The van der Waals surface area contributed by atoms with Crippen LogP contribution < -0.4 is 9.64 Å². The maximum Gasteiger partial charge on any atom is 0.120 e. The molecule has 0 N–H and O–H groups in total. The highest BCUT2D eigenvalue weighted by Gasteiger charge is 2.18. The fraction of sp³-hybridized carbons (Fsp3) is 0.400. The van der Waals surface area contributed by atoms with E-state index < -0.39 is 0 Å². The molecule has 0 saturated carbocycles. The van der Waals surface area contributed by atoms with Crippen LogP contribution >= 0.6 is 0 Å². The summed E-state index contributed by atoms with van der Waals surface area (Å²) in [5.74, 6) is 0.950. The quantitative estimate of drug-likeness (QED) is 0.794. The summed E-state index contributed by atoms with van der Waals surface area (Å²) in [4.78, 5) is 2.47. The Balaban J connectivity index is 1.81. The zero-order valence-corrected chi connectivity index (χ0v) is 14.0. The number of anilines is 1. The molecule has 0 atom stereocenters. The molecule has 0 aliphatic carbocycles. The van der Waals surface area contributed by atoms with Crippen LogP contribution in [-0.4, -0.2) is 12.1 Å². The van der Waals surface area contributed by atoms with Gasteiger partial charge < -0.3 is 9.64 Å². The smallest absolute Gasteiger partial charge is 0.120 e. The van der Waals surface area contributed by atoms with E-state index in [4.69, 9.17) is 4.74 Å². The predicted octanol–water partition coefficient (Wildman–Crippen LogP) is 4.74. The van der Waals surface area contributed by atoms with Crippen molar-refractivity contribution in [1.82, 2.24) is 0 Å². The molecule has 0 fully saturated rings. The Kier molecular flexibility index (Phi) is 3.86. The standard InChI is InChI=1S/C20H25NO/c1-15-13-18(22-20(2,3)4)9-10-19(15)21-12-11-16-7-5-6-8-17(16)14-21/h5-10,13H,11-12,14H2,1-4H3. The number of nitrogens with zero attached hydrogens (tertiary/aromatic N) is 1. The first-order chi connectivity index (χ1) is 10.4. The summed E-state index contributed by atoms with van der Waals surface area (Å²) in [7, 11) is 0. The van der Waals surface area contributed by atoms with Gasteiger partial charge in [0, 0.05) is 18.8 Å². The largest absolute Gasteiger partial charge is 0.488 e. The number of benzene rings is 2. The van der Waals surface area contributed by atoms with Gasteiger partial charge in [0.1, 0.15) is 11.4 Å². The van der Waals surface area contributed by atoms with Gasteiger partial charge in [0.15, 0.2) is 0 Å². The molecule has 0 amide bonds. The van der Waals surface area contributed by atoms with E-state index in [2.05, 4.69) is 75.1 Å². The summed E-state index contributed by atoms with van der Waals surface area (Å²) in [5, 5.41) is 0. The normalized spacial score (nSPS) is 14.6. The van der Waals surface area contributed by atoms with E-state index in [0.717, 1.165) is 25.3 Å². The lowest BCUT2D eigenvalue weighted by Gasteiger charge is -2.32. The van der Waals surface area contributed by atoms with E-state index in [9.17, 15) is 0 Å². The van der Waals surface area contributed by atoms with E-state index >= 15 is 0 Å². The van der Waals surface area contributed by atoms with Crippen LogP contribution in [0, 0.1) is 6.92 Å². The van der Waals surface area contributed by atoms with Gasteiger partial charge in [-0.2, -0.15) is 0 Å². The summed E-state index contributed by atoms with van der Waals surface area (Å²) in [5.41, 5.74) is 5.38. The van der Waals surface area contributed by atoms with Gasteiger partial charge in [0.2, 0.25) is 0 Å². The van der Waals surface area contributed by atoms with Crippen LogP contribution in [0.25, 0.3) is 0 Å². The van der Waals surface area contributed by atoms with Crippen LogP contribution in [0.1, 0.15) is 37.5 Å². The average molecular weight is 295 g/mol. The summed E-state index contributed by atoms with van der Waals surface area (Å²) in [6, 6.07) is 15.2. The molecule has 2 aromatic rings. The van der Waals surface area contributed by atoms with Gasteiger partial charge in [0.05, 0.1) is 0 Å². The minimum Gasteiger partial charge on any atom is -0.488 e. The third-order valence-electron chi connectivity index (χ3n) is 4.06. The molecule has 0 aromatic heterocycles. The summed E-state index contributed by atoms with van der Waals surface area (Å²) in [6.45, 7) is 10.5. The molecule has 0 spiro atoms. The second kappa shape index (κ2) is 5.68. The van der Waals surface area contributed by atoms with Crippen molar-refractivity contribution in [1.29, 1.82) is 0 Å². The molecule has 22 heavy (non-hydrogen) atoms. The maximum absolute atomic E-state index is 5.96. The number of fused-ring (bicyclic) bond motifs is 1. The molecule has 0 saturated heterocycles. The van der Waals surface area contributed by atoms with E-state index in [0.29, 0.717) is 0 Å². The first-order valence-electron chi connectivity index (χ1n) is 8.04. The molecule has 2 heteroatoms. The summed E-state index contributed by atoms with van der Waals surface area (Å²) in [6.07, 6.45) is 1.12. The van der Waals surface area contributed by atoms with Crippen LogP contribution in [-0.2, 0) is 13.0 Å². The van der Waals surface area contributed by atoms with Gasteiger partial charge in [-0.15, -0.1) is 0 Å². The Bertz CT molecular complexity index is 670. The minimum atomic E-state index is -0.155. The van der Waals surface area contributed by atoms with Crippen molar-refractivity contribution in [2.45, 2.75) is 46.3 Å². The zero-order chi connectivity index (χ0) is 15.7. The van der Waals surface area contributed by atoms with Crippen molar-refractivity contribution < 1.29 is 4.74 Å². The lowest BCUT2D eigenvalue weighted by molar-refractivity contribution is 0.131. The van der Waals surface area contributed by atoms with Crippen molar-refractivity contribution >= 4 is 5.69 Å². The molecule has 2 nitrogen and oxygen atoms in total. The van der Waals surface area contributed by atoms with Crippen molar-refractivity contribution in [3.63, 3.8) is 0 Å². The topological polar surface area (TPSA) is 12.5 Å². The van der Waals surface area contributed by atoms with Crippen molar-refractivity contribution in [2.75, 3.05) is 11.4 Å². The molecule has 116 valence electrons. The van der Waals surface area contributed by atoms with Crippen molar-refractivity contribution in [3.8, 4) is 5.75 Å². The molecular weight excluding hydrogens is 270 g/mol. The number of hydrogen-bond acceptors (Lipinski definition) is 2. The lowest BCUT2D eigenvalue weighted by atomic mass is 9.99. The minimum absolute atomic E-state index is 0.155. The van der Waals surface area contributed by atoms with Crippen molar-refractivity contribution in [2.24, 2.45) is 0 Å². The SMILES string of the molecule is Cc1cc(OC(C)(C)C)ccc1N1CCc2ccccc2C1. The van der Waals surface area contributed by atoms with Gasteiger partial charge in [-0.05, 0) is 69.0 Å². The van der Waals surface area contributed by atoms with Crippen LogP contribution in [0.4, 0.5) is 5.69 Å². The van der Waals surface area contributed by atoms with Gasteiger partial charge >= 0.3 is 0 Å². The van der Waals surface area contributed by atoms with Gasteiger partial charge in [-0.1, -0.05) is 24.3 Å². The molecule has 3 rings (SSSR count). The zero-order valence-electron chi connectivity index (χ0n) is 14.0. The molecule has 1 aliphatic rings. The first-order valence-corrected chi connectivity index (χ1v) is 8.04. The fourth-order valence-corrected chi connectivity index (χ4v) is 3.10. The molecule has 1 aliphatic heterocycles. The highest BCUT2D eigenvalue weighted by atomic mass is 16.5. The molecule has 0 unspecified atom stereocenters. The Hall–Kier alpha value is -1.96. The third kappa shape index (κ3) is 3.27. The fourth-order valence-electron chi connectivity index (χ4n) is 3.10. The summed E-state index contributed by atoms with van der Waals surface area (Å²) >= 11 is 0. The van der Waals surface area contributed by atoms with E-state index in [1.165, 1.54) is 22.4 Å². The van der Waals surface area contributed by atoms with Crippen molar-refractivity contribution in [3.05, 3.63) is 59.2 Å². The van der Waals surface area contributed by atoms with E-state index in [1.54, 1.807) is 0 Å². The molecule has 1 heterocycles. The average Bonchev–Trinajstić information content (AvgIpc) is 2.45. The van der Waals surface area contributed by atoms with Crippen LogP contribution in [0.3, 0.4) is 0 Å². The second-order valence-corrected chi connectivity index (χ2v) is 7.10. The van der Waals surface area contributed by atoms with Crippen LogP contribution in [0.2, 0.25) is 0 Å². The highest BCUT2D eigenvalue weighted by Crippen LogP contribution is 2.30. The Morgan fingerprint density at radius 1 is 1.00 bits per heavy atom. The maximum atomic E-state index is 5.96. The highest BCUT2D eigenvalue weighted by molar-refractivity contribution is 5.57. The first kappa shape index (κ1) is 15.0. The van der Waals surface area contributed by atoms with Crippen LogP contribution in [0.15, 0.2) is 42.5 Å². The van der Waals surface area contributed by atoms with Gasteiger partial charge in [-0.3, -0.25) is 0 Å². The number of aryl methyl sites for hydroxylation is 1. The molecule has 0 bridgehead atoms. The predicted molar refractivity (Wildman–Crippen MR) is 92.8 cm³/mol. The number of rotatable bonds is 2. The van der Waals surface area contributed by atoms with E-state index in [1.807, 2.05) is 0 Å². The Labute approximate surface area is 133 Å². The molecule has 2 aromatic carbocycles. The van der Waals surface area contributed by atoms with Gasteiger partial charge in [-0.25, -0.2) is 0 Å². The third-order valence-corrected chi connectivity index (χ3v) is 4.06. The Morgan fingerprint density at radius 2 is 1.73 bits per heavy atom. The number of hydrogen-bond donors (Lipinski definition) is 0. The molecule has 0 radical (unpaired) electrons. The second-order valence-electron chi connectivity index (χ2n) is 7.10. The summed E-state index contributed by atoms with van der Waals surface area (Å²) < 4.78 is 5.96.